The normalized spacial score (nSPS) is 13.5. The SMILES string of the molecule is CCCCCCCCCCCCCCCCCCCCCCCCCCCCCCC/C=C/C(O)C(COP(=O)(O)OCC[N+](C)(C)C)NC(=O)CCCCCCCCCCCCCCCCCCCCCCCCCCCCCCCCCCC. The zero-order valence-corrected chi connectivity index (χ0v) is 60.0. The highest BCUT2D eigenvalue weighted by Crippen LogP contribution is 2.43. The second-order valence-corrected chi connectivity index (χ2v) is 29.9. The van der Waals surface area contributed by atoms with Gasteiger partial charge in [-0.15, -0.1) is 0 Å². The van der Waals surface area contributed by atoms with Crippen LogP contribution in [0.4, 0.5) is 0 Å². The number of hydrogen-bond donors (Lipinski definition) is 3. The van der Waals surface area contributed by atoms with Crippen molar-refractivity contribution in [1.82, 2.24) is 5.32 Å². The van der Waals surface area contributed by atoms with Gasteiger partial charge >= 0.3 is 7.82 Å². The Morgan fingerprint density at radius 2 is 0.616 bits per heavy atom. The van der Waals surface area contributed by atoms with Crippen molar-refractivity contribution in [3.63, 3.8) is 0 Å². The molecule has 0 saturated carbocycles. The van der Waals surface area contributed by atoms with Crippen molar-refractivity contribution in [1.29, 1.82) is 0 Å². The number of allylic oxidation sites excluding steroid dienone is 1. The van der Waals surface area contributed by atoms with Gasteiger partial charge in [0.05, 0.1) is 39.9 Å². The molecule has 514 valence electrons. The minimum Gasteiger partial charge on any atom is -0.387 e. The summed E-state index contributed by atoms with van der Waals surface area (Å²) in [5.41, 5.74) is 0. The summed E-state index contributed by atoms with van der Waals surface area (Å²) in [4.78, 5) is 23.5. The number of hydrogen-bond acceptors (Lipinski definition) is 5. The maximum Gasteiger partial charge on any atom is 0.472 e. The fourth-order valence-electron chi connectivity index (χ4n) is 12.5. The Morgan fingerprint density at radius 1 is 0.384 bits per heavy atom. The smallest absolute Gasteiger partial charge is 0.387 e. The van der Waals surface area contributed by atoms with E-state index < -0.39 is 20.0 Å². The molecule has 0 aromatic rings. The summed E-state index contributed by atoms with van der Waals surface area (Å²) in [5.74, 6) is -0.165. The van der Waals surface area contributed by atoms with Crippen LogP contribution in [0, 0.1) is 0 Å². The van der Waals surface area contributed by atoms with Gasteiger partial charge in [-0.1, -0.05) is 411 Å². The molecular weight excluding hydrogens is 1080 g/mol. The number of quaternary nitrogens is 1. The van der Waals surface area contributed by atoms with Crippen LogP contribution in [0.15, 0.2) is 12.2 Å². The van der Waals surface area contributed by atoms with Gasteiger partial charge in [0.1, 0.15) is 13.2 Å². The topological polar surface area (TPSA) is 105 Å². The summed E-state index contributed by atoms with van der Waals surface area (Å²) in [6.07, 6.45) is 89.7. The number of phosphoric acid groups is 1. The number of phosphoric ester groups is 1. The molecule has 0 bridgehead atoms. The fourth-order valence-corrected chi connectivity index (χ4v) is 13.2. The average Bonchev–Trinajstić information content (AvgIpc) is 3.70. The maximum atomic E-state index is 13.1. The van der Waals surface area contributed by atoms with Crippen LogP contribution in [0.25, 0.3) is 0 Å². The number of rotatable bonds is 74. The van der Waals surface area contributed by atoms with E-state index in [4.69, 9.17) is 9.05 Å². The molecule has 1 amide bonds. The summed E-state index contributed by atoms with van der Waals surface area (Å²) in [6.45, 7) is 4.90. The van der Waals surface area contributed by atoms with E-state index in [1.807, 2.05) is 27.2 Å². The van der Waals surface area contributed by atoms with E-state index >= 15 is 0 Å². The molecule has 0 heterocycles. The highest BCUT2D eigenvalue weighted by molar-refractivity contribution is 7.47. The van der Waals surface area contributed by atoms with Gasteiger partial charge in [-0.25, -0.2) is 4.57 Å². The Bertz CT molecular complexity index is 1410. The van der Waals surface area contributed by atoms with E-state index in [0.717, 1.165) is 32.1 Å². The van der Waals surface area contributed by atoms with Gasteiger partial charge in [0.2, 0.25) is 5.91 Å². The summed E-state index contributed by atoms with van der Waals surface area (Å²) in [7, 11) is 1.60. The minimum atomic E-state index is -4.35. The van der Waals surface area contributed by atoms with Crippen LogP contribution in [0.5, 0.6) is 0 Å². The van der Waals surface area contributed by atoms with Crippen molar-refractivity contribution >= 4 is 13.7 Å². The lowest BCUT2D eigenvalue weighted by atomic mass is 10.0. The molecule has 0 aromatic carbocycles. The molecule has 8 nitrogen and oxygen atoms in total. The Morgan fingerprint density at radius 3 is 0.860 bits per heavy atom. The highest BCUT2D eigenvalue weighted by atomic mass is 31.2. The summed E-state index contributed by atoms with van der Waals surface area (Å²) < 4.78 is 23.9. The first-order valence-electron chi connectivity index (χ1n) is 39.1. The number of amides is 1. The third kappa shape index (κ3) is 70.7. The van der Waals surface area contributed by atoms with E-state index in [2.05, 4.69) is 19.2 Å². The van der Waals surface area contributed by atoms with Crippen LogP contribution in [-0.2, 0) is 18.4 Å². The molecule has 9 heteroatoms. The number of likely N-dealkylation sites (N-methyl/N-ethyl adjacent to an activating group) is 1. The van der Waals surface area contributed by atoms with Gasteiger partial charge < -0.3 is 19.8 Å². The van der Waals surface area contributed by atoms with Crippen LogP contribution >= 0.6 is 7.82 Å². The lowest BCUT2D eigenvalue weighted by Crippen LogP contribution is -2.45. The first-order chi connectivity index (χ1) is 42.0. The monoisotopic (exact) mass is 1240 g/mol. The molecule has 86 heavy (non-hydrogen) atoms. The average molecular weight is 1240 g/mol. The molecular formula is C77H156N2O6P+. The van der Waals surface area contributed by atoms with Gasteiger partial charge in [-0.05, 0) is 19.3 Å². The molecule has 3 atom stereocenters. The second-order valence-electron chi connectivity index (χ2n) is 28.5. The maximum absolute atomic E-state index is 13.1. The molecule has 0 aliphatic rings. The number of aliphatic hydroxyl groups excluding tert-OH is 1. The number of nitrogens with one attached hydrogen (secondary N) is 1. The Balaban J connectivity index is 3.95. The molecule has 0 aromatic heterocycles. The molecule has 0 rings (SSSR count). The van der Waals surface area contributed by atoms with E-state index in [1.54, 1.807) is 6.08 Å². The summed E-state index contributed by atoms with van der Waals surface area (Å²) in [6, 6.07) is -0.844. The van der Waals surface area contributed by atoms with Gasteiger partial charge in [-0.2, -0.15) is 0 Å². The first kappa shape index (κ1) is 85.2. The van der Waals surface area contributed by atoms with Gasteiger partial charge in [0, 0.05) is 6.42 Å². The van der Waals surface area contributed by atoms with Crippen molar-refractivity contribution in [3.8, 4) is 0 Å². The fraction of sp³-hybridized carbons (Fsp3) is 0.961. The zero-order chi connectivity index (χ0) is 62.6. The summed E-state index contributed by atoms with van der Waals surface area (Å²) in [5, 5.41) is 14.1. The van der Waals surface area contributed by atoms with Crippen LogP contribution in [-0.4, -0.2) is 73.4 Å². The molecule has 0 fully saturated rings. The van der Waals surface area contributed by atoms with Crippen LogP contribution in [0.3, 0.4) is 0 Å². The Kier molecular flexibility index (Phi) is 68.0. The van der Waals surface area contributed by atoms with Gasteiger partial charge in [0.25, 0.3) is 0 Å². The van der Waals surface area contributed by atoms with Crippen molar-refractivity contribution in [2.45, 2.75) is 437 Å². The number of unbranched alkanes of at least 4 members (excludes halogenated alkanes) is 61. The molecule has 0 aliphatic carbocycles. The van der Waals surface area contributed by atoms with Crippen molar-refractivity contribution in [2.75, 3.05) is 40.9 Å². The number of aliphatic hydroxyl groups is 1. The van der Waals surface area contributed by atoms with Crippen LogP contribution < -0.4 is 5.32 Å². The van der Waals surface area contributed by atoms with E-state index in [9.17, 15) is 19.4 Å². The zero-order valence-electron chi connectivity index (χ0n) is 59.1. The molecule has 3 N–H and O–H groups in total. The second kappa shape index (κ2) is 68.6. The summed E-state index contributed by atoms with van der Waals surface area (Å²) >= 11 is 0. The van der Waals surface area contributed by atoms with Gasteiger partial charge in [-0.3, -0.25) is 13.8 Å². The Labute approximate surface area is 539 Å². The first-order valence-corrected chi connectivity index (χ1v) is 40.6. The van der Waals surface area contributed by atoms with Crippen LogP contribution in [0.1, 0.15) is 425 Å². The van der Waals surface area contributed by atoms with Crippen molar-refractivity contribution in [3.05, 3.63) is 12.2 Å². The van der Waals surface area contributed by atoms with Crippen molar-refractivity contribution in [2.24, 2.45) is 0 Å². The van der Waals surface area contributed by atoms with Crippen molar-refractivity contribution < 1.29 is 32.9 Å². The predicted octanol–water partition coefficient (Wildman–Crippen LogP) is 25.2. The number of carbonyl (C=O) groups excluding carboxylic acids is 1. The van der Waals surface area contributed by atoms with E-state index in [0.29, 0.717) is 17.4 Å². The molecule has 0 aliphatic heterocycles. The third-order valence-corrected chi connectivity index (χ3v) is 19.5. The standard InChI is InChI=1S/C77H155N2O6P/c1-6-8-10-12-14-16-18-20-22-24-26-28-30-32-34-36-38-39-41-43-45-47-49-51-53-55-57-59-61-63-65-67-69-71-77(81)78-75(74-85-86(82,83)84-73-72-79(3,4)5)76(80)70-68-66-64-62-60-58-56-54-52-50-48-46-44-42-40-37-35-33-31-29-27-25-23-21-19-17-15-13-11-9-7-2/h68,70,75-76,80H,6-67,69,71-74H2,1-5H3,(H-,78,81,82,83)/p+1/b70-68+. The third-order valence-electron chi connectivity index (χ3n) is 18.5. The number of nitrogens with zero attached hydrogens (tertiary/aromatic N) is 1. The minimum absolute atomic E-state index is 0.0656. The molecule has 0 radical (unpaired) electrons. The van der Waals surface area contributed by atoms with Gasteiger partial charge in [0.15, 0.2) is 0 Å². The highest BCUT2D eigenvalue weighted by Gasteiger charge is 2.28. The van der Waals surface area contributed by atoms with Crippen LogP contribution in [0.2, 0.25) is 0 Å². The lowest BCUT2D eigenvalue weighted by molar-refractivity contribution is -0.870. The molecule has 0 saturated heterocycles. The van der Waals surface area contributed by atoms with E-state index in [1.165, 1.54) is 372 Å². The molecule has 3 unspecified atom stereocenters. The lowest BCUT2D eigenvalue weighted by Gasteiger charge is -2.25. The number of carbonyl (C=O) groups is 1. The predicted molar refractivity (Wildman–Crippen MR) is 379 cm³/mol. The molecule has 0 spiro atoms. The quantitative estimate of drug-likeness (QED) is 0.0243. The van der Waals surface area contributed by atoms with E-state index in [-0.39, 0.29) is 19.1 Å². The largest absolute Gasteiger partial charge is 0.472 e. The Hall–Kier alpha value is -0.760.